The van der Waals surface area contributed by atoms with E-state index in [4.69, 9.17) is 21.5 Å². The molecule has 0 radical (unpaired) electrons. The van der Waals surface area contributed by atoms with E-state index in [0.29, 0.717) is 17.7 Å². The maximum absolute atomic E-state index is 12.8. The van der Waals surface area contributed by atoms with Crippen molar-refractivity contribution in [3.05, 3.63) is 64.7 Å². The topological polar surface area (TPSA) is 107 Å². The molecule has 1 heterocycles. The summed E-state index contributed by atoms with van der Waals surface area (Å²) in [7, 11) is -2.30. The van der Waals surface area contributed by atoms with Crippen LogP contribution in [0, 0.1) is 0 Å². The number of nitrogens with two attached hydrogens (primary N) is 1. The molecule has 2 amide bonds. The molecule has 0 aliphatic carbocycles. The fraction of sp³-hybridized carbons (Fsp3) is 0.158. The van der Waals surface area contributed by atoms with Gasteiger partial charge in [0, 0.05) is 12.1 Å². The zero-order chi connectivity index (χ0) is 20.5. The molecule has 2 aromatic carbocycles. The summed E-state index contributed by atoms with van der Waals surface area (Å²) in [5.74, 6) is -0.633. The highest BCUT2D eigenvalue weighted by Gasteiger charge is 2.38. The number of imide groups is 1. The Morgan fingerprint density at radius 1 is 1.04 bits per heavy atom. The first-order valence-electron chi connectivity index (χ1n) is 8.25. The largest absolute Gasteiger partial charge is 0.496 e. The van der Waals surface area contributed by atoms with E-state index in [1.54, 1.807) is 36.4 Å². The minimum Gasteiger partial charge on any atom is -0.496 e. The summed E-state index contributed by atoms with van der Waals surface area (Å²) in [6, 6.07) is 12.7. The first-order valence-corrected chi connectivity index (χ1v) is 10.2. The summed E-state index contributed by atoms with van der Waals surface area (Å²) in [6.07, 6.45) is 0.339. The molecule has 0 saturated heterocycles. The summed E-state index contributed by atoms with van der Waals surface area (Å²) in [6.45, 7) is 0.0985. The van der Waals surface area contributed by atoms with Crippen LogP contribution in [0.25, 0.3) is 5.57 Å². The van der Waals surface area contributed by atoms with Crippen LogP contribution < -0.4 is 9.88 Å². The first-order chi connectivity index (χ1) is 13.2. The number of para-hydroxylation sites is 1. The molecule has 2 N–H and O–H groups in total. The monoisotopic (exact) mass is 420 g/mol. The third kappa shape index (κ3) is 3.80. The number of rotatable bonds is 6. The Morgan fingerprint density at radius 2 is 1.68 bits per heavy atom. The molecule has 0 bridgehead atoms. The lowest BCUT2D eigenvalue weighted by atomic mass is 10.0. The molecule has 3 rings (SSSR count). The van der Waals surface area contributed by atoms with Crippen LogP contribution in [0.1, 0.15) is 11.1 Å². The maximum Gasteiger partial charge on any atom is 0.273 e. The van der Waals surface area contributed by atoms with Crippen LogP contribution in [0.3, 0.4) is 0 Å². The summed E-state index contributed by atoms with van der Waals surface area (Å²) in [5, 5.41) is 4.92. The Hall–Kier alpha value is -2.68. The molecular weight excluding hydrogens is 404 g/mol. The minimum absolute atomic E-state index is 0.00672. The lowest BCUT2D eigenvalue weighted by Crippen LogP contribution is -2.33. The fourth-order valence-corrected chi connectivity index (χ4v) is 3.72. The van der Waals surface area contributed by atoms with Crippen molar-refractivity contribution in [2.75, 3.05) is 13.7 Å². The number of hydrogen-bond acceptors (Lipinski definition) is 5. The van der Waals surface area contributed by atoms with E-state index < -0.39 is 21.8 Å². The van der Waals surface area contributed by atoms with Gasteiger partial charge in [-0.2, -0.15) is 0 Å². The van der Waals surface area contributed by atoms with E-state index >= 15 is 0 Å². The van der Waals surface area contributed by atoms with Crippen LogP contribution in [0.15, 0.2) is 58.5 Å². The van der Waals surface area contributed by atoms with Crippen molar-refractivity contribution in [2.24, 2.45) is 5.14 Å². The molecule has 0 unspecified atom stereocenters. The van der Waals surface area contributed by atoms with Crippen LogP contribution in [0.4, 0.5) is 0 Å². The second kappa shape index (κ2) is 7.75. The van der Waals surface area contributed by atoms with E-state index in [-0.39, 0.29) is 22.0 Å². The number of ether oxygens (including phenoxy) is 1. The van der Waals surface area contributed by atoms with Gasteiger partial charge in [0.1, 0.15) is 10.8 Å². The molecular formula is C19H17ClN2O5S. The van der Waals surface area contributed by atoms with Crippen LogP contribution in [-0.4, -0.2) is 38.8 Å². The number of sulfonamides is 1. The van der Waals surface area contributed by atoms with Gasteiger partial charge in [-0.1, -0.05) is 41.9 Å². The van der Waals surface area contributed by atoms with Crippen molar-refractivity contribution < 1.29 is 22.7 Å². The Bertz CT molecular complexity index is 1080. The average molecular weight is 421 g/mol. The van der Waals surface area contributed by atoms with E-state index in [1.807, 2.05) is 0 Å². The first kappa shape index (κ1) is 20.1. The van der Waals surface area contributed by atoms with E-state index in [1.165, 1.54) is 19.2 Å². The molecule has 1 aliphatic rings. The lowest BCUT2D eigenvalue weighted by Gasteiger charge is -2.15. The van der Waals surface area contributed by atoms with Crippen molar-refractivity contribution in [3.63, 3.8) is 0 Å². The number of carbonyl (C=O) groups excluding carboxylic acids is 2. The van der Waals surface area contributed by atoms with Crippen LogP contribution >= 0.6 is 11.6 Å². The molecule has 7 nitrogen and oxygen atoms in total. The van der Waals surface area contributed by atoms with Gasteiger partial charge in [-0.15, -0.1) is 0 Å². The average Bonchev–Trinajstić information content (AvgIpc) is 2.88. The SMILES string of the molecule is COc1ccccc1C1=C(Cl)C(=O)N(CCc2ccc(S(N)(=O)=O)cc2)C1=O. The molecule has 0 saturated carbocycles. The molecule has 28 heavy (non-hydrogen) atoms. The van der Waals surface area contributed by atoms with Gasteiger partial charge < -0.3 is 4.74 Å². The zero-order valence-corrected chi connectivity index (χ0v) is 16.5. The van der Waals surface area contributed by atoms with E-state index in [0.717, 1.165) is 10.5 Å². The number of hydrogen-bond donors (Lipinski definition) is 1. The number of carbonyl (C=O) groups is 2. The highest BCUT2D eigenvalue weighted by Crippen LogP contribution is 2.36. The highest BCUT2D eigenvalue weighted by atomic mass is 35.5. The van der Waals surface area contributed by atoms with Crippen molar-refractivity contribution in [1.82, 2.24) is 4.90 Å². The number of benzene rings is 2. The third-order valence-corrected chi connectivity index (χ3v) is 5.64. The third-order valence-electron chi connectivity index (χ3n) is 4.36. The van der Waals surface area contributed by atoms with Crippen LogP contribution in [-0.2, 0) is 26.0 Å². The van der Waals surface area contributed by atoms with Gasteiger partial charge in [0.25, 0.3) is 11.8 Å². The number of halogens is 1. The quantitative estimate of drug-likeness (QED) is 0.718. The predicted molar refractivity (Wildman–Crippen MR) is 104 cm³/mol. The molecule has 9 heteroatoms. The highest BCUT2D eigenvalue weighted by molar-refractivity contribution is 7.89. The second-order valence-electron chi connectivity index (χ2n) is 6.09. The van der Waals surface area contributed by atoms with Gasteiger partial charge in [0.2, 0.25) is 10.0 Å². The maximum atomic E-state index is 12.8. The number of amides is 2. The van der Waals surface area contributed by atoms with Crippen LogP contribution in [0.5, 0.6) is 5.75 Å². The Balaban J connectivity index is 1.79. The molecule has 0 atom stereocenters. The smallest absolute Gasteiger partial charge is 0.273 e. The van der Waals surface area contributed by atoms with Gasteiger partial charge in [-0.25, -0.2) is 13.6 Å². The summed E-state index contributed by atoms with van der Waals surface area (Å²) in [5.41, 5.74) is 1.30. The van der Waals surface area contributed by atoms with E-state index in [2.05, 4.69) is 0 Å². The number of methoxy groups -OCH3 is 1. The Kier molecular flexibility index (Phi) is 5.55. The molecule has 0 aromatic heterocycles. The number of nitrogens with zero attached hydrogens (tertiary/aromatic N) is 1. The minimum atomic E-state index is -3.77. The van der Waals surface area contributed by atoms with Gasteiger partial charge in [-0.05, 0) is 30.2 Å². The van der Waals surface area contributed by atoms with Crippen molar-refractivity contribution in [2.45, 2.75) is 11.3 Å². The standard InChI is InChI=1S/C19H17ClN2O5S/c1-27-15-5-3-2-4-14(15)16-17(20)19(24)22(18(16)23)11-10-12-6-8-13(9-7-12)28(21,25)26/h2-9H,10-11H2,1H3,(H2,21,25,26). The van der Waals surface area contributed by atoms with E-state index in [9.17, 15) is 18.0 Å². The van der Waals surface area contributed by atoms with Crippen molar-refractivity contribution in [1.29, 1.82) is 0 Å². The van der Waals surface area contributed by atoms with Crippen molar-refractivity contribution in [3.8, 4) is 5.75 Å². The summed E-state index contributed by atoms with van der Waals surface area (Å²) >= 11 is 6.17. The molecule has 1 aliphatic heterocycles. The molecule has 0 spiro atoms. The summed E-state index contributed by atoms with van der Waals surface area (Å²) < 4.78 is 27.9. The Labute approximate surface area is 167 Å². The number of primary sulfonamides is 1. The Morgan fingerprint density at radius 3 is 2.29 bits per heavy atom. The normalized spacial score (nSPS) is 14.8. The second-order valence-corrected chi connectivity index (χ2v) is 8.03. The molecule has 2 aromatic rings. The lowest BCUT2D eigenvalue weighted by molar-refractivity contribution is -0.136. The molecule has 0 fully saturated rings. The summed E-state index contributed by atoms with van der Waals surface area (Å²) in [4.78, 5) is 26.4. The van der Waals surface area contributed by atoms with Gasteiger partial charge in [-0.3, -0.25) is 14.5 Å². The predicted octanol–water partition coefficient (Wildman–Crippen LogP) is 1.90. The zero-order valence-electron chi connectivity index (χ0n) is 14.9. The molecule has 146 valence electrons. The van der Waals surface area contributed by atoms with Gasteiger partial charge >= 0.3 is 0 Å². The van der Waals surface area contributed by atoms with Gasteiger partial charge in [0.05, 0.1) is 17.6 Å². The van der Waals surface area contributed by atoms with Crippen molar-refractivity contribution >= 4 is 39.0 Å². The van der Waals surface area contributed by atoms with Gasteiger partial charge in [0.15, 0.2) is 0 Å². The fourth-order valence-electron chi connectivity index (χ4n) is 2.92. The van der Waals surface area contributed by atoms with Crippen LogP contribution in [0.2, 0.25) is 0 Å².